The number of carbonyl (C=O) groups is 1. The number of carbonyl (C=O) groups excluding carboxylic acids is 1. The summed E-state index contributed by atoms with van der Waals surface area (Å²) >= 11 is 1.39. The van der Waals surface area contributed by atoms with Crippen molar-refractivity contribution in [2.75, 3.05) is 6.54 Å². The van der Waals surface area contributed by atoms with Crippen LogP contribution in [0.2, 0.25) is 0 Å². The van der Waals surface area contributed by atoms with Crippen molar-refractivity contribution in [2.45, 2.75) is 12.5 Å². The molecule has 0 unspecified atom stereocenters. The van der Waals surface area contributed by atoms with E-state index >= 15 is 0 Å². The highest BCUT2D eigenvalue weighted by atomic mass is 32.1. The predicted octanol–water partition coefficient (Wildman–Crippen LogP) is 2.43. The molecule has 0 bridgehead atoms. The van der Waals surface area contributed by atoms with Gasteiger partial charge in [0.25, 0.3) is 11.6 Å². The van der Waals surface area contributed by atoms with Gasteiger partial charge in [0, 0.05) is 6.07 Å². The highest BCUT2D eigenvalue weighted by Gasteiger charge is 2.26. The Labute approximate surface area is 129 Å². The molecule has 0 saturated carbocycles. The molecule has 22 heavy (non-hydrogen) atoms. The first kappa shape index (κ1) is 16.1. The van der Waals surface area contributed by atoms with Gasteiger partial charge in [0.1, 0.15) is 17.0 Å². The van der Waals surface area contributed by atoms with Gasteiger partial charge in [0.15, 0.2) is 0 Å². The summed E-state index contributed by atoms with van der Waals surface area (Å²) in [4.78, 5) is 22.2. The van der Waals surface area contributed by atoms with Gasteiger partial charge in [-0.25, -0.2) is 4.39 Å². The zero-order valence-corrected chi connectivity index (χ0v) is 12.4. The second-order valence-electron chi connectivity index (χ2n) is 4.89. The quantitative estimate of drug-likeness (QED) is 0.652. The SMILES string of the molecule is C[C@](O)(CNC(=O)c1cc(F)ccc1[N+](=O)[O-])c1ccsc1. The number of aliphatic hydroxyl groups is 1. The molecule has 6 nitrogen and oxygen atoms in total. The number of amides is 1. The number of nitrogens with zero attached hydrogens (tertiary/aromatic N) is 1. The molecule has 0 aliphatic heterocycles. The van der Waals surface area contributed by atoms with Crippen LogP contribution in [0.15, 0.2) is 35.0 Å². The molecular formula is C14H13FN2O4S. The van der Waals surface area contributed by atoms with E-state index in [1.54, 1.807) is 16.8 Å². The normalized spacial score (nSPS) is 13.4. The zero-order valence-electron chi connectivity index (χ0n) is 11.6. The molecule has 0 fully saturated rings. The van der Waals surface area contributed by atoms with Gasteiger partial charge in [-0.2, -0.15) is 11.3 Å². The van der Waals surface area contributed by atoms with Crippen molar-refractivity contribution in [1.29, 1.82) is 0 Å². The Hall–Kier alpha value is -2.32. The average Bonchev–Trinajstić information content (AvgIpc) is 2.99. The largest absolute Gasteiger partial charge is 0.384 e. The summed E-state index contributed by atoms with van der Waals surface area (Å²) in [5, 5.41) is 27.1. The molecule has 8 heteroatoms. The fourth-order valence-corrected chi connectivity index (χ4v) is 2.65. The molecular weight excluding hydrogens is 311 g/mol. The molecule has 0 aliphatic rings. The maximum atomic E-state index is 13.2. The van der Waals surface area contributed by atoms with E-state index in [9.17, 15) is 24.4 Å². The fraction of sp³-hybridized carbons (Fsp3) is 0.214. The number of nitro groups is 1. The number of hydrogen-bond acceptors (Lipinski definition) is 5. The average molecular weight is 324 g/mol. The fourth-order valence-electron chi connectivity index (χ4n) is 1.87. The van der Waals surface area contributed by atoms with Crippen LogP contribution in [-0.2, 0) is 5.60 Å². The number of nitro benzene ring substituents is 1. The summed E-state index contributed by atoms with van der Waals surface area (Å²) in [5.74, 6) is -1.57. The Morgan fingerprint density at radius 1 is 1.50 bits per heavy atom. The Morgan fingerprint density at radius 2 is 2.23 bits per heavy atom. The zero-order chi connectivity index (χ0) is 16.3. The van der Waals surface area contributed by atoms with Gasteiger partial charge in [0.2, 0.25) is 0 Å². The van der Waals surface area contributed by atoms with Crippen molar-refractivity contribution in [2.24, 2.45) is 0 Å². The summed E-state index contributed by atoms with van der Waals surface area (Å²) in [6, 6.07) is 4.35. The lowest BCUT2D eigenvalue weighted by atomic mass is 9.99. The molecule has 0 spiro atoms. The third-order valence-electron chi connectivity index (χ3n) is 3.14. The third kappa shape index (κ3) is 3.46. The lowest BCUT2D eigenvalue weighted by molar-refractivity contribution is -0.385. The molecule has 1 heterocycles. The van der Waals surface area contributed by atoms with Crippen LogP contribution in [0.3, 0.4) is 0 Å². The predicted molar refractivity (Wildman–Crippen MR) is 79.3 cm³/mol. The van der Waals surface area contributed by atoms with Gasteiger partial charge in [-0.15, -0.1) is 0 Å². The van der Waals surface area contributed by atoms with Crippen LogP contribution in [0.4, 0.5) is 10.1 Å². The Morgan fingerprint density at radius 3 is 2.82 bits per heavy atom. The van der Waals surface area contributed by atoms with E-state index < -0.39 is 27.9 Å². The van der Waals surface area contributed by atoms with Gasteiger partial charge < -0.3 is 10.4 Å². The minimum absolute atomic E-state index is 0.157. The molecule has 1 atom stereocenters. The summed E-state index contributed by atoms with van der Waals surface area (Å²) < 4.78 is 13.2. The van der Waals surface area contributed by atoms with E-state index in [0.717, 1.165) is 18.2 Å². The Balaban J connectivity index is 2.16. The summed E-state index contributed by atoms with van der Waals surface area (Å²) in [6.45, 7) is 1.35. The van der Waals surface area contributed by atoms with Crippen molar-refractivity contribution in [1.82, 2.24) is 5.32 Å². The second kappa shape index (κ2) is 6.20. The van der Waals surface area contributed by atoms with Crippen LogP contribution in [0.25, 0.3) is 0 Å². The number of halogens is 1. The highest BCUT2D eigenvalue weighted by molar-refractivity contribution is 7.08. The third-order valence-corrected chi connectivity index (χ3v) is 3.82. The number of rotatable bonds is 5. The number of benzene rings is 1. The van der Waals surface area contributed by atoms with Gasteiger partial charge in [-0.1, -0.05) is 0 Å². The van der Waals surface area contributed by atoms with Gasteiger partial charge >= 0.3 is 0 Å². The molecule has 2 N–H and O–H groups in total. The molecule has 2 aromatic rings. The first-order chi connectivity index (χ1) is 10.3. The summed E-state index contributed by atoms with van der Waals surface area (Å²) in [5.41, 5.74) is -1.58. The van der Waals surface area contributed by atoms with E-state index in [4.69, 9.17) is 0 Å². The Kier molecular flexibility index (Phi) is 4.53. The second-order valence-corrected chi connectivity index (χ2v) is 5.67. The van der Waals surface area contributed by atoms with E-state index in [-0.39, 0.29) is 12.1 Å². The first-order valence-corrected chi connectivity index (χ1v) is 7.23. The maximum absolute atomic E-state index is 13.2. The minimum atomic E-state index is -1.32. The molecule has 2 rings (SSSR count). The van der Waals surface area contributed by atoms with Gasteiger partial charge in [-0.05, 0) is 41.4 Å². The van der Waals surface area contributed by atoms with Crippen LogP contribution < -0.4 is 5.32 Å². The van der Waals surface area contributed by atoms with Crippen molar-refractivity contribution >= 4 is 22.9 Å². The van der Waals surface area contributed by atoms with Crippen LogP contribution >= 0.6 is 11.3 Å². The van der Waals surface area contributed by atoms with E-state index in [0.29, 0.717) is 5.56 Å². The van der Waals surface area contributed by atoms with Crippen molar-refractivity contribution in [3.05, 3.63) is 62.1 Å². The number of thiophene rings is 1. The lowest BCUT2D eigenvalue weighted by Crippen LogP contribution is -2.38. The van der Waals surface area contributed by atoms with Crippen molar-refractivity contribution in [3.8, 4) is 0 Å². The monoisotopic (exact) mass is 324 g/mol. The molecule has 0 saturated heterocycles. The van der Waals surface area contributed by atoms with Crippen LogP contribution in [0.1, 0.15) is 22.8 Å². The molecule has 1 aromatic carbocycles. The topological polar surface area (TPSA) is 92.5 Å². The molecule has 1 amide bonds. The molecule has 1 aromatic heterocycles. The minimum Gasteiger partial charge on any atom is -0.384 e. The lowest BCUT2D eigenvalue weighted by Gasteiger charge is -2.22. The van der Waals surface area contributed by atoms with Gasteiger partial charge in [-0.3, -0.25) is 14.9 Å². The number of nitrogens with one attached hydrogen (secondary N) is 1. The van der Waals surface area contributed by atoms with Gasteiger partial charge in [0.05, 0.1) is 11.5 Å². The van der Waals surface area contributed by atoms with Crippen LogP contribution in [-0.4, -0.2) is 22.5 Å². The van der Waals surface area contributed by atoms with Crippen molar-refractivity contribution < 1.29 is 19.2 Å². The number of hydrogen-bond donors (Lipinski definition) is 2. The standard InChI is InChI=1S/C14H13FN2O4S/c1-14(19,9-4-5-22-7-9)8-16-13(18)11-6-10(15)2-3-12(11)17(20)21/h2-7,19H,8H2,1H3,(H,16,18)/t14-/m0/s1. The summed E-state index contributed by atoms with van der Waals surface area (Å²) in [6.07, 6.45) is 0. The van der Waals surface area contributed by atoms with E-state index in [2.05, 4.69) is 5.32 Å². The Bertz CT molecular complexity index is 701. The summed E-state index contributed by atoms with van der Waals surface area (Å²) in [7, 11) is 0. The first-order valence-electron chi connectivity index (χ1n) is 6.28. The highest BCUT2D eigenvalue weighted by Crippen LogP contribution is 2.23. The van der Waals surface area contributed by atoms with E-state index in [1.807, 2.05) is 0 Å². The molecule has 0 radical (unpaired) electrons. The smallest absolute Gasteiger partial charge is 0.282 e. The van der Waals surface area contributed by atoms with Crippen molar-refractivity contribution in [3.63, 3.8) is 0 Å². The maximum Gasteiger partial charge on any atom is 0.282 e. The van der Waals surface area contributed by atoms with E-state index in [1.165, 1.54) is 18.3 Å². The molecule has 0 aliphatic carbocycles. The van der Waals surface area contributed by atoms with Crippen LogP contribution in [0, 0.1) is 15.9 Å². The van der Waals surface area contributed by atoms with Crippen LogP contribution in [0.5, 0.6) is 0 Å². The molecule has 116 valence electrons.